The zero-order valence-corrected chi connectivity index (χ0v) is 21.1. The topological polar surface area (TPSA) is 73.7 Å². The van der Waals surface area contributed by atoms with E-state index in [1.807, 2.05) is 34.8 Å². The Hall–Kier alpha value is -2.90. The van der Waals surface area contributed by atoms with Crippen molar-refractivity contribution in [1.82, 2.24) is 14.7 Å². The molecule has 1 aliphatic heterocycles. The van der Waals surface area contributed by atoms with E-state index in [1.165, 1.54) is 0 Å². The molecule has 1 amide bonds. The predicted molar refractivity (Wildman–Crippen MR) is 136 cm³/mol. The number of carbonyl (C=O) groups is 2. The van der Waals surface area contributed by atoms with E-state index in [-0.39, 0.29) is 11.7 Å². The van der Waals surface area contributed by atoms with Crippen molar-refractivity contribution in [2.45, 2.75) is 39.2 Å². The van der Waals surface area contributed by atoms with Crippen molar-refractivity contribution in [2.24, 2.45) is 5.92 Å². The Morgan fingerprint density at radius 2 is 1.86 bits per heavy atom. The summed E-state index contributed by atoms with van der Waals surface area (Å²) >= 11 is 5.94. The highest BCUT2D eigenvalue weighted by molar-refractivity contribution is 6.30. The average molecular weight is 498 g/mol. The van der Waals surface area contributed by atoms with Crippen LogP contribution in [-0.2, 0) is 11.3 Å². The van der Waals surface area contributed by atoms with Crippen LogP contribution in [0.1, 0.15) is 53.3 Å². The van der Waals surface area contributed by atoms with Crippen molar-refractivity contribution in [3.63, 3.8) is 0 Å². The first-order valence-corrected chi connectivity index (χ1v) is 12.6. The van der Waals surface area contributed by atoms with Crippen LogP contribution in [0.2, 0.25) is 5.02 Å². The summed E-state index contributed by atoms with van der Waals surface area (Å²) in [6, 6.07) is 10.8. The quantitative estimate of drug-likeness (QED) is 0.282. The summed E-state index contributed by atoms with van der Waals surface area (Å²) < 4.78 is 12.9. The highest BCUT2D eigenvalue weighted by Crippen LogP contribution is 2.31. The molecule has 35 heavy (non-hydrogen) atoms. The molecule has 1 fully saturated rings. The highest BCUT2D eigenvalue weighted by Gasteiger charge is 2.25. The Labute approximate surface area is 210 Å². The lowest BCUT2D eigenvalue weighted by atomic mass is 9.96. The number of Topliss-reactive ketones (excluding diaryl/α,β-unsaturated/α-hetero) is 1. The first-order chi connectivity index (χ1) is 17.0. The minimum absolute atomic E-state index is 0.0500. The van der Waals surface area contributed by atoms with Crippen LogP contribution in [0.4, 0.5) is 0 Å². The van der Waals surface area contributed by atoms with Crippen LogP contribution >= 0.6 is 11.6 Å². The van der Waals surface area contributed by atoms with Gasteiger partial charge in [0.1, 0.15) is 5.75 Å². The van der Waals surface area contributed by atoms with E-state index in [0.717, 1.165) is 43.4 Å². The van der Waals surface area contributed by atoms with Crippen LogP contribution in [0.3, 0.4) is 0 Å². The van der Waals surface area contributed by atoms with E-state index in [2.05, 4.69) is 0 Å². The first-order valence-electron chi connectivity index (χ1n) is 12.2. The number of benzene rings is 2. The minimum atomic E-state index is 0.0500. The molecule has 1 aromatic heterocycles. The van der Waals surface area contributed by atoms with E-state index in [0.29, 0.717) is 53.9 Å². The number of ether oxygens (including phenoxy) is 2. The van der Waals surface area contributed by atoms with Gasteiger partial charge in [0.05, 0.1) is 23.1 Å². The molecule has 8 heteroatoms. The van der Waals surface area contributed by atoms with Crippen LogP contribution in [0.5, 0.6) is 5.75 Å². The Morgan fingerprint density at radius 3 is 2.54 bits per heavy atom. The molecule has 2 aromatic carbocycles. The maximum Gasteiger partial charge on any atom is 0.253 e. The van der Waals surface area contributed by atoms with Gasteiger partial charge in [-0.15, -0.1) is 0 Å². The van der Waals surface area contributed by atoms with Gasteiger partial charge in [0, 0.05) is 56.6 Å². The number of methoxy groups -OCH3 is 1. The number of nitrogens with zero attached hydrogens (tertiary/aromatic N) is 3. The van der Waals surface area contributed by atoms with Gasteiger partial charge in [0.15, 0.2) is 5.78 Å². The number of amides is 1. The number of halogens is 1. The maximum absolute atomic E-state index is 12.8. The van der Waals surface area contributed by atoms with Crippen molar-refractivity contribution < 1.29 is 19.1 Å². The van der Waals surface area contributed by atoms with E-state index in [4.69, 9.17) is 26.2 Å². The molecule has 1 saturated heterocycles. The molecule has 0 aliphatic carbocycles. The predicted octanol–water partition coefficient (Wildman–Crippen LogP) is 5.25. The summed E-state index contributed by atoms with van der Waals surface area (Å²) in [6.07, 6.45) is 4.91. The Kier molecular flexibility index (Phi) is 8.42. The smallest absolute Gasteiger partial charge is 0.253 e. The fourth-order valence-corrected chi connectivity index (χ4v) is 4.73. The van der Waals surface area contributed by atoms with Crippen molar-refractivity contribution in [1.29, 1.82) is 0 Å². The summed E-state index contributed by atoms with van der Waals surface area (Å²) in [4.78, 5) is 27.5. The second-order valence-corrected chi connectivity index (χ2v) is 9.36. The zero-order chi connectivity index (χ0) is 24.8. The molecule has 186 valence electrons. The fraction of sp³-hybridized carbons (Fsp3) is 0.444. The molecule has 0 N–H and O–H groups in total. The van der Waals surface area contributed by atoms with Crippen LogP contribution in [-0.4, -0.2) is 59.8 Å². The van der Waals surface area contributed by atoms with Gasteiger partial charge in [-0.25, -0.2) is 0 Å². The molecule has 0 bridgehead atoms. The largest absolute Gasteiger partial charge is 0.492 e. The lowest BCUT2D eigenvalue weighted by Crippen LogP contribution is -2.39. The summed E-state index contributed by atoms with van der Waals surface area (Å²) in [7, 11) is 1.64. The lowest BCUT2D eigenvalue weighted by molar-refractivity contribution is 0.0681. The van der Waals surface area contributed by atoms with Gasteiger partial charge in [-0.2, -0.15) is 5.10 Å². The minimum Gasteiger partial charge on any atom is -0.492 e. The molecule has 0 spiro atoms. The van der Waals surface area contributed by atoms with Gasteiger partial charge in [-0.3, -0.25) is 14.3 Å². The second-order valence-electron chi connectivity index (χ2n) is 8.92. The van der Waals surface area contributed by atoms with E-state index in [9.17, 15) is 9.59 Å². The number of piperidine rings is 1. The molecule has 1 aliphatic rings. The van der Waals surface area contributed by atoms with Crippen molar-refractivity contribution in [3.05, 3.63) is 58.7 Å². The van der Waals surface area contributed by atoms with Gasteiger partial charge < -0.3 is 14.4 Å². The highest BCUT2D eigenvalue weighted by atomic mass is 35.5. The van der Waals surface area contributed by atoms with E-state index in [1.54, 1.807) is 31.4 Å². The lowest BCUT2D eigenvalue weighted by Gasteiger charge is -2.32. The third-order valence-electron chi connectivity index (χ3n) is 6.47. The number of ketones is 1. The number of likely N-dealkylation sites (tertiary alicyclic amines) is 1. The molecule has 2 heterocycles. The standard InChI is InChI=1S/C27H32ClN3O4/c1-3-35-26-22(25(32)5-4-16-34-2)10-11-24-23(26)18-31(29-24)17-19-12-14-30(15-13-19)27(33)20-6-8-21(28)9-7-20/h6-11,18-19H,3-5,12-17H2,1-2H3. The summed E-state index contributed by atoms with van der Waals surface area (Å²) in [6.45, 7) is 5.15. The van der Waals surface area contributed by atoms with Gasteiger partial charge in [-0.1, -0.05) is 11.6 Å². The number of aromatic nitrogens is 2. The molecule has 0 unspecified atom stereocenters. The Balaban J connectivity index is 1.42. The number of rotatable bonds is 10. The number of carbonyl (C=O) groups excluding carboxylic acids is 2. The molecule has 4 rings (SSSR count). The molecule has 3 aromatic rings. The Morgan fingerprint density at radius 1 is 1.11 bits per heavy atom. The van der Waals surface area contributed by atoms with Gasteiger partial charge in [0.25, 0.3) is 5.91 Å². The van der Waals surface area contributed by atoms with Crippen LogP contribution in [0.15, 0.2) is 42.6 Å². The molecule has 7 nitrogen and oxygen atoms in total. The summed E-state index contributed by atoms with van der Waals surface area (Å²) in [5.41, 5.74) is 2.09. The normalized spacial score (nSPS) is 14.4. The van der Waals surface area contributed by atoms with E-state index >= 15 is 0 Å². The second kappa shape index (κ2) is 11.7. The van der Waals surface area contributed by atoms with Crippen LogP contribution < -0.4 is 4.74 Å². The third-order valence-corrected chi connectivity index (χ3v) is 6.72. The van der Waals surface area contributed by atoms with Crippen molar-refractivity contribution >= 4 is 34.2 Å². The van der Waals surface area contributed by atoms with Crippen LogP contribution in [0.25, 0.3) is 10.9 Å². The van der Waals surface area contributed by atoms with Gasteiger partial charge >= 0.3 is 0 Å². The van der Waals surface area contributed by atoms with Crippen LogP contribution in [0, 0.1) is 5.92 Å². The maximum atomic E-state index is 12.8. The Bertz CT molecular complexity index is 1170. The van der Waals surface area contributed by atoms with Crippen molar-refractivity contribution in [3.8, 4) is 5.75 Å². The first kappa shape index (κ1) is 25.2. The zero-order valence-electron chi connectivity index (χ0n) is 20.3. The summed E-state index contributed by atoms with van der Waals surface area (Å²) in [5.74, 6) is 1.14. The summed E-state index contributed by atoms with van der Waals surface area (Å²) in [5, 5.41) is 6.24. The average Bonchev–Trinajstić information content (AvgIpc) is 3.28. The van der Waals surface area contributed by atoms with E-state index < -0.39 is 0 Å². The molecular weight excluding hydrogens is 466 g/mol. The SMILES string of the molecule is CCOc1c(C(=O)CCCOC)ccc2nn(CC3CCN(C(=O)c4ccc(Cl)cc4)CC3)cc12. The van der Waals surface area contributed by atoms with Crippen molar-refractivity contribution in [2.75, 3.05) is 33.4 Å². The fourth-order valence-electron chi connectivity index (χ4n) is 4.60. The monoisotopic (exact) mass is 497 g/mol. The van der Waals surface area contributed by atoms with Gasteiger partial charge in [0.2, 0.25) is 0 Å². The number of hydrogen-bond acceptors (Lipinski definition) is 5. The molecule has 0 atom stereocenters. The third kappa shape index (κ3) is 6.03. The van der Waals surface area contributed by atoms with Gasteiger partial charge in [-0.05, 0) is 68.5 Å². The number of hydrogen-bond donors (Lipinski definition) is 0. The molecule has 0 saturated carbocycles. The number of fused-ring (bicyclic) bond motifs is 1. The molecule has 0 radical (unpaired) electrons. The molecular formula is C27H32ClN3O4.